The van der Waals surface area contributed by atoms with Crippen LogP contribution in [0.3, 0.4) is 0 Å². The SMILES string of the molecule is COc1ccc(C(C)NCC2(C)CCCO2)c(OC)c1. The van der Waals surface area contributed by atoms with E-state index in [0.717, 1.165) is 43.1 Å². The predicted octanol–water partition coefficient (Wildman–Crippen LogP) is 2.92. The van der Waals surface area contributed by atoms with Gasteiger partial charge in [0.1, 0.15) is 11.5 Å². The highest BCUT2D eigenvalue weighted by Crippen LogP contribution is 2.30. The van der Waals surface area contributed by atoms with Crippen molar-refractivity contribution in [2.75, 3.05) is 27.4 Å². The van der Waals surface area contributed by atoms with E-state index in [4.69, 9.17) is 14.2 Å². The van der Waals surface area contributed by atoms with Gasteiger partial charge >= 0.3 is 0 Å². The van der Waals surface area contributed by atoms with Gasteiger partial charge in [-0.2, -0.15) is 0 Å². The van der Waals surface area contributed by atoms with Crippen molar-refractivity contribution in [1.29, 1.82) is 0 Å². The molecule has 0 bridgehead atoms. The minimum absolute atomic E-state index is 0.0338. The average molecular weight is 279 g/mol. The lowest BCUT2D eigenvalue weighted by molar-refractivity contribution is 0.0190. The average Bonchev–Trinajstić information content (AvgIpc) is 2.91. The molecule has 1 N–H and O–H groups in total. The Hall–Kier alpha value is -1.26. The molecule has 4 heteroatoms. The molecule has 1 fully saturated rings. The van der Waals surface area contributed by atoms with Crippen LogP contribution < -0.4 is 14.8 Å². The summed E-state index contributed by atoms with van der Waals surface area (Å²) < 4.78 is 16.5. The molecule has 112 valence electrons. The molecule has 0 aliphatic carbocycles. The highest BCUT2D eigenvalue weighted by molar-refractivity contribution is 5.42. The second-order valence-corrected chi connectivity index (χ2v) is 5.61. The maximum absolute atomic E-state index is 5.81. The Kier molecular flexibility index (Phi) is 4.89. The van der Waals surface area contributed by atoms with Gasteiger partial charge in [0.25, 0.3) is 0 Å². The monoisotopic (exact) mass is 279 g/mol. The van der Waals surface area contributed by atoms with Crippen LogP contribution in [-0.4, -0.2) is 33.0 Å². The number of benzene rings is 1. The van der Waals surface area contributed by atoms with Crippen LogP contribution in [0.1, 0.15) is 38.3 Å². The third-order valence-corrected chi connectivity index (χ3v) is 3.99. The second-order valence-electron chi connectivity index (χ2n) is 5.61. The number of nitrogens with one attached hydrogen (secondary N) is 1. The van der Waals surface area contributed by atoms with Crippen molar-refractivity contribution in [1.82, 2.24) is 5.32 Å². The van der Waals surface area contributed by atoms with Crippen molar-refractivity contribution in [3.8, 4) is 11.5 Å². The summed E-state index contributed by atoms with van der Waals surface area (Å²) in [6.45, 7) is 6.04. The first-order valence-corrected chi connectivity index (χ1v) is 7.17. The highest BCUT2D eigenvalue weighted by Gasteiger charge is 2.30. The van der Waals surface area contributed by atoms with Crippen molar-refractivity contribution >= 4 is 0 Å². The lowest BCUT2D eigenvalue weighted by atomic mass is 10.0. The van der Waals surface area contributed by atoms with Crippen LogP contribution in [-0.2, 0) is 4.74 Å². The van der Waals surface area contributed by atoms with E-state index in [0.29, 0.717) is 0 Å². The van der Waals surface area contributed by atoms with E-state index >= 15 is 0 Å². The molecule has 2 unspecified atom stereocenters. The minimum Gasteiger partial charge on any atom is -0.497 e. The van der Waals surface area contributed by atoms with Gasteiger partial charge in [0.15, 0.2) is 0 Å². The van der Waals surface area contributed by atoms with Gasteiger partial charge in [-0.3, -0.25) is 0 Å². The van der Waals surface area contributed by atoms with E-state index in [1.54, 1.807) is 14.2 Å². The fourth-order valence-corrected chi connectivity index (χ4v) is 2.63. The Labute approximate surface area is 121 Å². The molecule has 2 atom stereocenters. The van der Waals surface area contributed by atoms with Gasteiger partial charge < -0.3 is 19.5 Å². The van der Waals surface area contributed by atoms with Crippen LogP contribution in [0.2, 0.25) is 0 Å². The Morgan fingerprint density at radius 3 is 2.75 bits per heavy atom. The third kappa shape index (κ3) is 3.44. The Morgan fingerprint density at radius 1 is 1.35 bits per heavy atom. The standard InChI is InChI=1S/C16H25NO3/c1-12(17-11-16(2)8-5-9-20-16)14-7-6-13(18-3)10-15(14)19-4/h6-7,10,12,17H,5,8-9,11H2,1-4H3. The third-order valence-electron chi connectivity index (χ3n) is 3.99. The van der Waals surface area contributed by atoms with E-state index < -0.39 is 0 Å². The summed E-state index contributed by atoms with van der Waals surface area (Å²) in [4.78, 5) is 0. The summed E-state index contributed by atoms with van der Waals surface area (Å²) in [6, 6.07) is 6.13. The number of hydrogen-bond acceptors (Lipinski definition) is 4. The van der Waals surface area contributed by atoms with Gasteiger partial charge in [0.05, 0.1) is 19.8 Å². The molecule has 0 saturated carbocycles. The molecule has 1 aromatic carbocycles. The summed E-state index contributed by atoms with van der Waals surface area (Å²) in [5.74, 6) is 1.66. The molecule has 0 spiro atoms. The van der Waals surface area contributed by atoms with Crippen molar-refractivity contribution in [2.45, 2.75) is 38.3 Å². The molecule has 1 heterocycles. The van der Waals surface area contributed by atoms with E-state index in [1.165, 1.54) is 0 Å². The fourth-order valence-electron chi connectivity index (χ4n) is 2.63. The Morgan fingerprint density at radius 2 is 2.15 bits per heavy atom. The molecule has 1 aliphatic rings. The minimum atomic E-state index is -0.0338. The second kappa shape index (κ2) is 6.46. The van der Waals surface area contributed by atoms with Gasteiger partial charge in [-0.1, -0.05) is 6.07 Å². The van der Waals surface area contributed by atoms with Gasteiger partial charge in [-0.05, 0) is 32.8 Å². The van der Waals surface area contributed by atoms with Crippen LogP contribution in [0.4, 0.5) is 0 Å². The molecule has 4 nitrogen and oxygen atoms in total. The first-order valence-electron chi connectivity index (χ1n) is 7.17. The summed E-state index contributed by atoms with van der Waals surface area (Å²) in [5, 5.41) is 3.55. The van der Waals surface area contributed by atoms with Gasteiger partial charge in [0.2, 0.25) is 0 Å². The first kappa shape index (κ1) is 15.1. The summed E-state index contributed by atoms with van der Waals surface area (Å²) in [5.41, 5.74) is 1.10. The molecule has 0 amide bonds. The van der Waals surface area contributed by atoms with Gasteiger partial charge in [-0.25, -0.2) is 0 Å². The van der Waals surface area contributed by atoms with Crippen LogP contribution in [0, 0.1) is 0 Å². The predicted molar refractivity (Wildman–Crippen MR) is 79.6 cm³/mol. The fraction of sp³-hybridized carbons (Fsp3) is 0.625. The van der Waals surface area contributed by atoms with E-state index in [-0.39, 0.29) is 11.6 Å². The maximum atomic E-state index is 5.81. The van der Waals surface area contributed by atoms with E-state index in [1.807, 2.05) is 18.2 Å². The summed E-state index contributed by atoms with van der Waals surface area (Å²) >= 11 is 0. The van der Waals surface area contributed by atoms with Crippen LogP contribution in [0.5, 0.6) is 11.5 Å². The van der Waals surface area contributed by atoms with Crippen molar-refractivity contribution < 1.29 is 14.2 Å². The van der Waals surface area contributed by atoms with E-state index in [9.17, 15) is 0 Å². The van der Waals surface area contributed by atoms with Gasteiger partial charge in [0, 0.05) is 30.8 Å². The zero-order valence-corrected chi connectivity index (χ0v) is 12.9. The number of rotatable bonds is 6. The maximum Gasteiger partial charge on any atom is 0.127 e. The normalized spacial score (nSPS) is 23.6. The Bertz CT molecular complexity index is 441. The van der Waals surface area contributed by atoms with Crippen LogP contribution in [0.15, 0.2) is 18.2 Å². The van der Waals surface area contributed by atoms with E-state index in [2.05, 4.69) is 19.2 Å². The van der Waals surface area contributed by atoms with Crippen molar-refractivity contribution in [2.24, 2.45) is 0 Å². The van der Waals surface area contributed by atoms with Gasteiger partial charge in [-0.15, -0.1) is 0 Å². The zero-order valence-electron chi connectivity index (χ0n) is 12.9. The highest BCUT2D eigenvalue weighted by atomic mass is 16.5. The van der Waals surface area contributed by atoms with Crippen molar-refractivity contribution in [3.05, 3.63) is 23.8 Å². The molecular formula is C16H25NO3. The molecule has 20 heavy (non-hydrogen) atoms. The number of methoxy groups -OCH3 is 2. The lowest BCUT2D eigenvalue weighted by Gasteiger charge is -2.26. The first-order chi connectivity index (χ1) is 9.58. The number of hydrogen-bond donors (Lipinski definition) is 1. The zero-order chi connectivity index (χ0) is 14.6. The quantitative estimate of drug-likeness (QED) is 0.869. The summed E-state index contributed by atoms with van der Waals surface area (Å²) in [6.07, 6.45) is 2.27. The van der Waals surface area contributed by atoms with Crippen LogP contribution in [0.25, 0.3) is 0 Å². The summed E-state index contributed by atoms with van der Waals surface area (Å²) in [7, 11) is 3.35. The molecule has 2 rings (SSSR count). The molecule has 1 saturated heterocycles. The smallest absolute Gasteiger partial charge is 0.127 e. The largest absolute Gasteiger partial charge is 0.497 e. The molecule has 1 aromatic rings. The lowest BCUT2D eigenvalue weighted by Crippen LogP contribution is -2.38. The molecule has 0 aromatic heterocycles. The number of ether oxygens (including phenoxy) is 3. The molecular weight excluding hydrogens is 254 g/mol. The van der Waals surface area contributed by atoms with Crippen LogP contribution >= 0.6 is 0 Å². The topological polar surface area (TPSA) is 39.7 Å². The van der Waals surface area contributed by atoms with Crippen molar-refractivity contribution in [3.63, 3.8) is 0 Å². The Balaban J connectivity index is 2.02. The molecule has 1 aliphatic heterocycles. The molecule has 0 radical (unpaired) electrons.